The van der Waals surface area contributed by atoms with Gasteiger partial charge in [-0.25, -0.2) is 0 Å². The van der Waals surface area contributed by atoms with Crippen LogP contribution in [0.15, 0.2) is 23.4 Å². The molecule has 1 rings (SSSR count). The molecule has 2 heteroatoms. The van der Waals surface area contributed by atoms with E-state index in [4.69, 9.17) is 0 Å². The molecule has 11 heavy (non-hydrogen) atoms. The molecule has 60 valence electrons. The molecule has 0 aromatic carbocycles. The summed E-state index contributed by atoms with van der Waals surface area (Å²) in [5, 5.41) is 0.808. The van der Waals surface area contributed by atoms with Gasteiger partial charge in [0.25, 0.3) is 0 Å². The van der Waals surface area contributed by atoms with Crippen molar-refractivity contribution in [3.8, 4) is 0 Å². The number of nitrogens with zero attached hydrogens (tertiary/aromatic N) is 1. The van der Waals surface area contributed by atoms with Crippen LogP contribution in [0.25, 0.3) is 0 Å². The molecule has 0 N–H and O–H groups in total. The van der Waals surface area contributed by atoms with E-state index in [1.54, 1.807) is 6.20 Å². The summed E-state index contributed by atoms with van der Waals surface area (Å²) < 4.78 is 0. The van der Waals surface area contributed by atoms with Crippen LogP contribution in [-0.2, 0) is 6.42 Å². The molecule has 0 saturated heterocycles. The maximum Gasteiger partial charge on any atom is 0.0932 e. The summed E-state index contributed by atoms with van der Waals surface area (Å²) in [6.07, 6.45) is 2.91. The van der Waals surface area contributed by atoms with Crippen LogP contribution in [0, 0.1) is 5.92 Å². The zero-order chi connectivity index (χ0) is 8.27. The number of hydrogen-bond acceptors (Lipinski definition) is 2. The van der Waals surface area contributed by atoms with Gasteiger partial charge in [-0.05, 0) is 30.0 Å². The average Bonchev–Trinajstić information content (AvgIpc) is 1.85. The summed E-state index contributed by atoms with van der Waals surface area (Å²) in [4.78, 5) is 4.01. The van der Waals surface area contributed by atoms with Crippen molar-refractivity contribution in [2.75, 3.05) is 0 Å². The highest BCUT2D eigenvalue weighted by molar-refractivity contribution is 7.80. The van der Waals surface area contributed by atoms with E-state index in [1.165, 1.54) is 5.56 Å². The van der Waals surface area contributed by atoms with Crippen molar-refractivity contribution in [3.63, 3.8) is 0 Å². The highest BCUT2D eigenvalue weighted by Crippen LogP contribution is 2.10. The number of aromatic nitrogens is 1. The number of thiol groups is 1. The van der Waals surface area contributed by atoms with Gasteiger partial charge in [0, 0.05) is 6.20 Å². The van der Waals surface area contributed by atoms with Crippen LogP contribution < -0.4 is 0 Å². The van der Waals surface area contributed by atoms with E-state index >= 15 is 0 Å². The second-order valence-corrected chi connectivity index (χ2v) is 3.58. The van der Waals surface area contributed by atoms with Crippen molar-refractivity contribution >= 4 is 12.6 Å². The molecular weight excluding hydrogens is 154 g/mol. The Kier molecular flexibility index (Phi) is 2.94. The van der Waals surface area contributed by atoms with E-state index in [0.29, 0.717) is 5.92 Å². The first-order valence-electron chi connectivity index (χ1n) is 3.82. The molecule has 1 heterocycles. The van der Waals surface area contributed by atoms with Crippen LogP contribution >= 0.6 is 12.6 Å². The normalized spacial score (nSPS) is 10.5. The first-order chi connectivity index (χ1) is 5.18. The standard InChI is InChI=1S/C9H13NS/c1-7(2)5-8-3-4-10-9(11)6-8/h3-4,6-7H,5H2,1-2H3,(H,10,11). The molecule has 1 nitrogen and oxygen atoms in total. The molecule has 1 aromatic heterocycles. The minimum atomic E-state index is 0.699. The van der Waals surface area contributed by atoms with E-state index < -0.39 is 0 Å². The van der Waals surface area contributed by atoms with Crippen LogP contribution in [0.3, 0.4) is 0 Å². The first-order valence-corrected chi connectivity index (χ1v) is 4.27. The van der Waals surface area contributed by atoms with Gasteiger partial charge in [-0.3, -0.25) is 4.98 Å². The zero-order valence-electron chi connectivity index (χ0n) is 6.91. The lowest BCUT2D eigenvalue weighted by Crippen LogP contribution is -1.93. The van der Waals surface area contributed by atoms with E-state index in [0.717, 1.165) is 11.4 Å². The van der Waals surface area contributed by atoms with Gasteiger partial charge in [0.05, 0.1) is 5.03 Å². The fourth-order valence-electron chi connectivity index (χ4n) is 1.06. The Labute approximate surface area is 73.3 Å². The maximum atomic E-state index is 4.17. The Morgan fingerprint density at radius 2 is 2.27 bits per heavy atom. The van der Waals surface area contributed by atoms with Gasteiger partial charge in [0.2, 0.25) is 0 Å². The molecule has 0 aliphatic rings. The summed E-state index contributed by atoms with van der Waals surface area (Å²) in [5.74, 6) is 0.699. The van der Waals surface area contributed by atoms with Gasteiger partial charge in [-0.1, -0.05) is 13.8 Å². The molecule has 0 aliphatic carbocycles. The van der Waals surface area contributed by atoms with Gasteiger partial charge < -0.3 is 0 Å². The van der Waals surface area contributed by atoms with Gasteiger partial charge in [0.1, 0.15) is 0 Å². The highest BCUT2D eigenvalue weighted by Gasteiger charge is 1.97. The topological polar surface area (TPSA) is 12.9 Å². The fourth-order valence-corrected chi connectivity index (χ4v) is 1.29. The Balaban J connectivity index is 2.71. The smallest absolute Gasteiger partial charge is 0.0932 e. The van der Waals surface area contributed by atoms with Crippen molar-refractivity contribution in [2.24, 2.45) is 5.92 Å². The molecule has 0 amide bonds. The van der Waals surface area contributed by atoms with Crippen molar-refractivity contribution < 1.29 is 0 Å². The molecule has 0 aliphatic heterocycles. The molecule has 0 fully saturated rings. The van der Waals surface area contributed by atoms with Crippen LogP contribution in [0.5, 0.6) is 0 Å². The predicted octanol–water partition coefficient (Wildman–Crippen LogP) is 2.57. The molecule has 0 bridgehead atoms. The zero-order valence-corrected chi connectivity index (χ0v) is 7.81. The first kappa shape index (κ1) is 8.60. The lowest BCUT2D eigenvalue weighted by molar-refractivity contribution is 0.645. The monoisotopic (exact) mass is 167 g/mol. The van der Waals surface area contributed by atoms with E-state index in [2.05, 4.69) is 31.5 Å². The van der Waals surface area contributed by atoms with Crippen LogP contribution in [-0.4, -0.2) is 4.98 Å². The molecule has 0 atom stereocenters. The van der Waals surface area contributed by atoms with E-state index in [9.17, 15) is 0 Å². The maximum absolute atomic E-state index is 4.17. The van der Waals surface area contributed by atoms with Gasteiger partial charge in [0.15, 0.2) is 0 Å². The van der Waals surface area contributed by atoms with Crippen LogP contribution in [0.4, 0.5) is 0 Å². The fraction of sp³-hybridized carbons (Fsp3) is 0.444. The third kappa shape index (κ3) is 2.93. The summed E-state index contributed by atoms with van der Waals surface area (Å²) >= 11 is 4.17. The second kappa shape index (κ2) is 3.77. The number of rotatable bonds is 2. The van der Waals surface area contributed by atoms with E-state index in [-0.39, 0.29) is 0 Å². The Hall–Kier alpha value is -0.500. The molecule has 0 radical (unpaired) electrons. The van der Waals surface area contributed by atoms with Gasteiger partial charge >= 0.3 is 0 Å². The Morgan fingerprint density at radius 3 is 2.82 bits per heavy atom. The minimum Gasteiger partial charge on any atom is -0.250 e. The number of pyridine rings is 1. The molecule has 0 unspecified atom stereocenters. The van der Waals surface area contributed by atoms with Crippen molar-refractivity contribution in [1.29, 1.82) is 0 Å². The SMILES string of the molecule is CC(C)Cc1ccnc(S)c1. The van der Waals surface area contributed by atoms with Crippen LogP contribution in [0.1, 0.15) is 19.4 Å². The lowest BCUT2D eigenvalue weighted by atomic mass is 10.0. The summed E-state index contributed by atoms with van der Waals surface area (Å²) in [5.41, 5.74) is 1.32. The highest BCUT2D eigenvalue weighted by atomic mass is 32.1. The molecule has 1 aromatic rings. The van der Waals surface area contributed by atoms with Crippen molar-refractivity contribution in [2.45, 2.75) is 25.3 Å². The van der Waals surface area contributed by atoms with Gasteiger partial charge in [-0.15, -0.1) is 12.6 Å². The van der Waals surface area contributed by atoms with Gasteiger partial charge in [-0.2, -0.15) is 0 Å². The summed E-state index contributed by atoms with van der Waals surface area (Å²) in [6, 6.07) is 4.06. The minimum absolute atomic E-state index is 0.699. The third-order valence-corrected chi connectivity index (χ3v) is 1.70. The Morgan fingerprint density at radius 1 is 1.55 bits per heavy atom. The van der Waals surface area contributed by atoms with E-state index in [1.807, 2.05) is 12.1 Å². The number of hydrogen-bond donors (Lipinski definition) is 1. The molecule has 0 saturated carbocycles. The summed E-state index contributed by atoms with van der Waals surface area (Å²) in [6.45, 7) is 4.41. The lowest BCUT2D eigenvalue weighted by Gasteiger charge is -2.03. The average molecular weight is 167 g/mol. The quantitative estimate of drug-likeness (QED) is 0.668. The van der Waals surface area contributed by atoms with Crippen molar-refractivity contribution in [1.82, 2.24) is 4.98 Å². The largest absolute Gasteiger partial charge is 0.250 e. The third-order valence-electron chi connectivity index (χ3n) is 1.45. The second-order valence-electron chi connectivity index (χ2n) is 3.12. The Bertz CT molecular complexity index is 233. The van der Waals surface area contributed by atoms with Crippen LogP contribution in [0.2, 0.25) is 0 Å². The predicted molar refractivity (Wildman–Crippen MR) is 50.0 cm³/mol. The van der Waals surface area contributed by atoms with Crippen molar-refractivity contribution in [3.05, 3.63) is 23.9 Å². The molecular formula is C9H13NS. The molecule has 0 spiro atoms. The summed E-state index contributed by atoms with van der Waals surface area (Å²) in [7, 11) is 0.